The summed E-state index contributed by atoms with van der Waals surface area (Å²) < 4.78 is 55.3. The van der Waals surface area contributed by atoms with Crippen molar-refractivity contribution >= 4 is 44.5 Å². The lowest BCUT2D eigenvalue weighted by Crippen LogP contribution is -2.45. The number of benzene rings is 2. The van der Waals surface area contributed by atoms with Crippen LogP contribution in [0.1, 0.15) is 52.0 Å². The minimum atomic E-state index is -4.64. The van der Waals surface area contributed by atoms with Crippen molar-refractivity contribution in [1.82, 2.24) is 14.8 Å². The zero-order valence-electron chi connectivity index (χ0n) is 22.3. The van der Waals surface area contributed by atoms with Gasteiger partial charge < -0.3 is 5.11 Å². The van der Waals surface area contributed by atoms with Crippen molar-refractivity contribution in [2.45, 2.75) is 32.0 Å². The number of alkyl halides is 3. The molecule has 2 aromatic carbocycles. The molecule has 222 valence electrons. The third-order valence-electron chi connectivity index (χ3n) is 7.02. The largest absolute Gasteiger partial charge is 0.416 e. The minimum Gasteiger partial charge on any atom is -0.390 e. The van der Waals surface area contributed by atoms with Crippen LogP contribution in [0.2, 0.25) is 0 Å². The van der Waals surface area contributed by atoms with Crippen LogP contribution in [0.3, 0.4) is 0 Å². The van der Waals surface area contributed by atoms with Gasteiger partial charge in [-0.05, 0) is 42.8 Å². The van der Waals surface area contributed by atoms with Gasteiger partial charge in [0.25, 0.3) is 0 Å². The standard InChI is InChI=1S/C29H24F4N4O3.2H2S/c1-2-36-27-26(22(16-38)35-37(27)20-9-4-3-5-10-20)25(18-11-12-24(30)34-15-18)21(28(36)40)14-23(39)17-7-6-8-19(13-17)29(31,32)33;;/h3-13,15,21,25,38H,2,14,16H2,1H3;2*1H2/t21-,25+;;/m0../s1. The maximum atomic E-state index is 14.0. The second-order valence-corrected chi connectivity index (χ2v) is 9.38. The first-order valence-electron chi connectivity index (χ1n) is 12.5. The molecule has 7 nitrogen and oxygen atoms in total. The number of Topliss-reactive ketones (excluding diaryl/α,β-unsaturated/α-hetero) is 1. The Morgan fingerprint density at radius 2 is 1.74 bits per heavy atom. The van der Waals surface area contributed by atoms with Crippen LogP contribution in [-0.2, 0) is 17.6 Å². The van der Waals surface area contributed by atoms with Crippen molar-refractivity contribution in [1.29, 1.82) is 0 Å². The number of para-hydroxylation sites is 1. The monoisotopic (exact) mass is 620 g/mol. The summed E-state index contributed by atoms with van der Waals surface area (Å²) in [7, 11) is 0. The van der Waals surface area contributed by atoms with E-state index in [2.05, 4.69) is 10.1 Å². The molecular formula is C29H28F4N4O3S2. The smallest absolute Gasteiger partial charge is 0.390 e. The Hall–Kier alpha value is -3.68. The molecule has 0 radical (unpaired) electrons. The van der Waals surface area contributed by atoms with Crippen LogP contribution in [0, 0.1) is 11.9 Å². The zero-order chi connectivity index (χ0) is 28.6. The van der Waals surface area contributed by atoms with E-state index in [1.807, 2.05) is 6.07 Å². The summed E-state index contributed by atoms with van der Waals surface area (Å²) in [5.74, 6) is -3.44. The molecule has 0 saturated carbocycles. The Morgan fingerprint density at radius 1 is 1.02 bits per heavy atom. The zero-order valence-corrected chi connectivity index (χ0v) is 24.3. The van der Waals surface area contributed by atoms with Gasteiger partial charge in [0.15, 0.2) is 5.78 Å². The molecule has 0 spiro atoms. The number of carbonyl (C=O) groups excluding carboxylic acids is 2. The average Bonchev–Trinajstić information content (AvgIpc) is 3.33. The van der Waals surface area contributed by atoms with E-state index in [4.69, 9.17) is 0 Å². The topological polar surface area (TPSA) is 88.3 Å². The number of ketones is 1. The first-order valence-corrected chi connectivity index (χ1v) is 12.5. The predicted octanol–water partition coefficient (Wildman–Crippen LogP) is 5.53. The van der Waals surface area contributed by atoms with Crippen LogP contribution in [0.4, 0.5) is 23.4 Å². The number of aromatic nitrogens is 3. The lowest BCUT2D eigenvalue weighted by atomic mass is 9.74. The van der Waals surface area contributed by atoms with Gasteiger partial charge in [0.2, 0.25) is 11.9 Å². The summed E-state index contributed by atoms with van der Waals surface area (Å²) in [6, 6.07) is 15.6. The highest BCUT2D eigenvalue weighted by atomic mass is 32.1. The SMILES string of the molecule is CCN1C(=O)[C@@H](CC(=O)c2cccc(C(F)(F)F)c2)[C@@H](c2ccc(F)nc2)c2c(CO)nn(-c3ccccc3)c21.S.S. The number of nitrogens with zero attached hydrogens (tertiary/aromatic N) is 4. The quantitative estimate of drug-likeness (QED) is 0.167. The molecule has 2 atom stereocenters. The van der Waals surface area contributed by atoms with Gasteiger partial charge >= 0.3 is 6.18 Å². The molecule has 3 heterocycles. The van der Waals surface area contributed by atoms with E-state index in [-0.39, 0.29) is 44.8 Å². The number of fused-ring (bicyclic) bond motifs is 1. The van der Waals surface area contributed by atoms with Gasteiger partial charge in [0.05, 0.1) is 29.5 Å². The number of anilines is 1. The van der Waals surface area contributed by atoms with Crippen molar-refractivity contribution < 1.29 is 32.3 Å². The number of pyridine rings is 1. The summed E-state index contributed by atoms with van der Waals surface area (Å²) in [5.41, 5.74) is 0.570. The van der Waals surface area contributed by atoms with Gasteiger partial charge in [-0.1, -0.05) is 36.4 Å². The fourth-order valence-electron chi connectivity index (χ4n) is 5.23. The van der Waals surface area contributed by atoms with Crippen molar-refractivity contribution in [3.63, 3.8) is 0 Å². The Kier molecular flexibility index (Phi) is 10.2. The van der Waals surface area contributed by atoms with Gasteiger partial charge in [0.1, 0.15) is 5.82 Å². The molecule has 1 aliphatic rings. The van der Waals surface area contributed by atoms with Crippen LogP contribution in [0.15, 0.2) is 72.9 Å². The third kappa shape index (κ3) is 6.08. The number of rotatable bonds is 7. The summed E-state index contributed by atoms with van der Waals surface area (Å²) in [6.45, 7) is 1.44. The molecule has 1 N–H and O–H groups in total. The van der Waals surface area contributed by atoms with Crippen LogP contribution in [0.5, 0.6) is 0 Å². The highest BCUT2D eigenvalue weighted by Gasteiger charge is 2.46. The van der Waals surface area contributed by atoms with Crippen molar-refractivity contribution in [2.75, 3.05) is 11.4 Å². The number of hydrogen-bond donors (Lipinski definition) is 1. The first kappa shape index (κ1) is 32.8. The summed E-state index contributed by atoms with van der Waals surface area (Å²) in [6.07, 6.45) is -3.82. The molecular weight excluding hydrogens is 592 g/mol. The maximum Gasteiger partial charge on any atom is 0.416 e. The Morgan fingerprint density at radius 3 is 2.33 bits per heavy atom. The van der Waals surface area contributed by atoms with E-state index in [1.165, 1.54) is 27.9 Å². The van der Waals surface area contributed by atoms with Crippen molar-refractivity contribution in [3.8, 4) is 5.69 Å². The maximum absolute atomic E-state index is 14.0. The van der Waals surface area contributed by atoms with Crippen LogP contribution < -0.4 is 4.90 Å². The van der Waals surface area contributed by atoms with Crippen molar-refractivity contribution in [3.05, 3.63) is 107 Å². The van der Waals surface area contributed by atoms with Crippen LogP contribution in [0.25, 0.3) is 5.69 Å². The molecule has 42 heavy (non-hydrogen) atoms. The van der Waals surface area contributed by atoms with E-state index >= 15 is 0 Å². The molecule has 1 aliphatic heterocycles. The average molecular weight is 621 g/mol. The molecule has 1 amide bonds. The summed E-state index contributed by atoms with van der Waals surface area (Å²) in [4.78, 5) is 32.6. The molecule has 2 aromatic heterocycles. The van der Waals surface area contributed by atoms with Gasteiger partial charge in [0, 0.05) is 36.2 Å². The van der Waals surface area contributed by atoms with Gasteiger partial charge in [-0.3, -0.25) is 14.5 Å². The normalized spacial score (nSPS) is 16.3. The molecule has 5 rings (SSSR count). The predicted molar refractivity (Wildman–Crippen MR) is 158 cm³/mol. The van der Waals surface area contributed by atoms with E-state index in [0.29, 0.717) is 22.6 Å². The number of carbonyl (C=O) groups is 2. The Balaban J connectivity index is 0.00000242. The molecule has 0 unspecified atom stereocenters. The second-order valence-electron chi connectivity index (χ2n) is 9.38. The fourth-order valence-corrected chi connectivity index (χ4v) is 5.23. The molecule has 0 fully saturated rings. The molecule has 0 bridgehead atoms. The number of aliphatic hydroxyl groups excluding tert-OH is 1. The second kappa shape index (κ2) is 13.1. The minimum absolute atomic E-state index is 0. The van der Waals surface area contributed by atoms with Crippen LogP contribution in [-0.4, -0.2) is 38.1 Å². The number of aliphatic hydroxyl groups is 1. The lowest BCUT2D eigenvalue weighted by molar-refractivity contribution is -0.137. The Labute approximate surface area is 253 Å². The fraction of sp³-hybridized carbons (Fsp3) is 0.241. The lowest BCUT2D eigenvalue weighted by Gasteiger charge is -2.38. The van der Waals surface area contributed by atoms with E-state index < -0.39 is 54.2 Å². The summed E-state index contributed by atoms with van der Waals surface area (Å²) >= 11 is 0. The van der Waals surface area contributed by atoms with Gasteiger partial charge in [-0.2, -0.15) is 49.7 Å². The number of hydrogen-bond acceptors (Lipinski definition) is 5. The number of halogens is 4. The van der Waals surface area contributed by atoms with Crippen molar-refractivity contribution in [2.24, 2.45) is 5.92 Å². The van der Waals surface area contributed by atoms with Gasteiger partial charge in [-0.15, -0.1) is 0 Å². The highest BCUT2D eigenvalue weighted by Crippen LogP contribution is 2.47. The molecule has 0 aliphatic carbocycles. The molecule has 4 aromatic rings. The summed E-state index contributed by atoms with van der Waals surface area (Å²) in [5, 5.41) is 14.9. The molecule has 13 heteroatoms. The third-order valence-corrected chi connectivity index (χ3v) is 7.02. The first-order chi connectivity index (χ1) is 19.1. The highest BCUT2D eigenvalue weighted by molar-refractivity contribution is 7.59. The molecule has 0 saturated heterocycles. The van der Waals surface area contributed by atoms with E-state index in [9.17, 15) is 32.3 Å². The van der Waals surface area contributed by atoms with Crippen LogP contribution >= 0.6 is 27.0 Å². The van der Waals surface area contributed by atoms with E-state index in [0.717, 1.165) is 24.3 Å². The van der Waals surface area contributed by atoms with Gasteiger partial charge in [-0.25, -0.2) is 9.67 Å². The van der Waals surface area contributed by atoms with E-state index in [1.54, 1.807) is 31.2 Å². The number of amides is 1. The Bertz CT molecular complexity index is 1560.